The van der Waals surface area contributed by atoms with Crippen molar-refractivity contribution in [1.82, 2.24) is 9.88 Å². The molecule has 1 fully saturated rings. The van der Waals surface area contributed by atoms with Crippen molar-refractivity contribution in [2.75, 3.05) is 41.7 Å². The van der Waals surface area contributed by atoms with E-state index in [4.69, 9.17) is 23.2 Å². The number of nitrogens with one attached hydrogen (secondary N) is 2. The Morgan fingerprint density at radius 1 is 0.889 bits per heavy atom. The summed E-state index contributed by atoms with van der Waals surface area (Å²) < 4.78 is 0. The number of hydrogen-bond acceptors (Lipinski definition) is 5. The average Bonchev–Trinajstić information content (AvgIpc) is 2.86. The highest BCUT2D eigenvalue weighted by Crippen LogP contribution is 2.27. The molecule has 0 atom stereocenters. The van der Waals surface area contributed by atoms with E-state index in [2.05, 4.69) is 20.5 Å². The zero-order chi connectivity index (χ0) is 25.8. The Labute approximate surface area is 219 Å². The molecule has 36 heavy (non-hydrogen) atoms. The Kier molecular flexibility index (Phi) is 7.76. The van der Waals surface area contributed by atoms with Crippen LogP contribution >= 0.6 is 23.2 Å². The minimum atomic E-state index is -0.373. The number of hydrogen-bond donors (Lipinski definition) is 2. The first-order valence-electron chi connectivity index (χ1n) is 11.4. The van der Waals surface area contributed by atoms with Crippen LogP contribution in [0.15, 0.2) is 54.6 Å². The standard InChI is InChI=1S/C26H25Cl2N5O3/c1-16-21(7-9-24(29-16)33-12-10-32(11-13-33)17(2)34)26(36)30-20-6-8-22(28)23(15-20)31-25(35)18-4-3-5-19(27)14-18/h3-9,14-15H,10-13H2,1-2H3,(H,30,36)(H,31,35). The molecule has 1 aromatic heterocycles. The van der Waals surface area contributed by atoms with Crippen LogP contribution in [-0.2, 0) is 4.79 Å². The van der Waals surface area contributed by atoms with Crippen molar-refractivity contribution in [3.8, 4) is 0 Å². The molecule has 3 amide bonds. The maximum atomic E-state index is 13.0. The minimum absolute atomic E-state index is 0.0696. The normalized spacial score (nSPS) is 13.3. The van der Waals surface area contributed by atoms with Crippen LogP contribution in [0.4, 0.5) is 17.2 Å². The number of nitrogens with zero attached hydrogens (tertiary/aromatic N) is 3. The number of pyridine rings is 1. The van der Waals surface area contributed by atoms with E-state index >= 15 is 0 Å². The van der Waals surface area contributed by atoms with Crippen LogP contribution in [0.1, 0.15) is 33.3 Å². The third-order valence-electron chi connectivity index (χ3n) is 5.92. The lowest BCUT2D eigenvalue weighted by atomic mass is 10.1. The molecular weight excluding hydrogens is 501 g/mol. The van der Waals surface area contributed by atoms with Crippen LogP contribution in [0.25, 0.3) is 0 Å². The predicted octanol–water partition coefficient (Wildman–Crippen LogP) is 4.87. The van der Waals surface area contributed by atoms with Gasteiger partial charge in [-0.3, -0.25) is 14.4 Å². The van der Waals surface area contributed by atoms with Crippen LogP contribution in [0, 0.1) is 6.92 Å². The van der Waals surface area contributed by atoms with Crippen LogP contribution < -0.4 is 15.5 Å². The van der Waals surface area contributed by atoms with Gasteiger partial charge in [-0.05, 0) is 55.5 Å². The molecule has 0 bridgehead atoms. The molecule has 0 unspecified atom stereocenters. The molecule has 1 saturated heterocycles. The molecule has 8 nitrogen and oxygen atoms in total. The van der Waals surface area contributed by atoms with Crippen LogP contribution in [-0.4, -0.2) is 53.8 Å². The van der Waals surface area contributed by atoms with E-state index in [1.165, 1.54) is 0 Å². The average molecular weight is 526 g/mol. The summed E-state index contributed by atoms with van der Waals surface area (Å²) in [5.74, 6) is 0.134. The second-order valence-corrected chi connectivity index (χ2v) is 9.25. The van der Waals surface area contributed by atoms with Crippen LogP contribution in [0.5, 0.6) is 0 Å². The third-order valence-corrected chi connectivity index (χ3v) is 6.49. The molecule has 10 heteroatoms. The molecular formula is C26H25Cl2N5O3. The molecule has 3 aromatic rings. The van der Waals surface area contributed by atoms with E-state index in [-0.39, 0.29) is 17.7 Å². The zero-order valence-corrected chi connectivity index (χ0v) is 21.4. The van der Waals surface area contributed by atoms with Gasteiger partial charge in [0.1, 0.15) is 5.82 Å². The highest BCUT2D eigenvalue weighted by molar-refractivity contribution is 6.34. The van der Waals surface area contributed by atoms with E-state index < -0.39 is 0 Å². The van der Waals surface area contributed by atoms with E-state index in [1.54, 1.807) is 62.4 Å². The van der Waals surface area contributed by atoms with Crippen LogP contribution in [0.3, 0.4) is 0 Å². The molecule has 0 saturated carbocycles. The van der Waals surface area contributed by atoms with Crippen molar-refractivity contribution < 1.29 is 14.4 Å². The maximum absolute atomic E-state index is 13.0. The highest BCUT2D eigenvalue weighted by Gasteiger charge is 2.21. The molecule has 186 valence electrons. The van der Waals surface area contributed by atoms with Crippen molar-refractivity contribution in [2.24, 2.45) is 0 Å². The summed E-state index contributed by atoms with van der Waals surface area (Å²) in [4.78, 5) is 45.6. The Morgan fingerprint density at radius 3 is 2.31 bits per heavy atom. The number of benzene rings is 2. The quantitative estimate of drug-likeness (QED) is 0.495. The smallest absolute Gasteiger partial charge is 0.257 e. The molecule has 0 spiro atoms. The Morgan fingerprint density at radius 2 is 1.64 bits per heavy atom. The van der Waals surface area contributed by atoms with E-state index in [1.807, 2.05) is 11.0 Å². The molecule has 2 N–H and O–H groups in total. The minimum Gasteiger partial charge on any atom is -0.353 e. The number of aryl methyl sites for hydroxylation is 1. The summed E-state index contributed by atoms with van der Waals surface area (Å²) >= 11 is 12.2. The summed E-state index contributed by atoms with van der Waals surface area (Å²) in [7, 11) is 0. The summed E-state index contributed by atoms with van der Waals surface area (Å²) in [6, 6.07) is 15.0. The van der Waals surface area contributed by atoms with Crippen molar-refractivity contribution in [3.05, 3.63) is 81.5 Å². The largest absolute Gasteiger partial charge is 0.353 e. The van der Waals surface area contributed by atoms with E-state index in [0.717, 1.165) is 5.82 Å². The maximum Gasteiger partial charge on any atom is 0.257 e. The predicted molar refractivity (Wildman–Crippen MR) is 142 cm³/mol. The first kappa shape index (κ1) is 25.5. The van der Waals surface area contributed by atoms with Gasteiger partial charge in [0.15, 0.2) is 0 Å². The highest BCUT2D eigenvalue weighted by atomic mass is 35.5. The number of carbonyl (C=O) groups excluding carboxylic acids is 3. The lowest BCUT2D eigenvalue weighted by Gasteiger charge is -2.35. The van der Waals surface area contributed by atoms with Crippen molar-refractivity contribution in [2.45, 2.75) is 13.8 Å². The van der Waals surface area contributed by atoms with Gasteiger partial charge >= 0.3 is 0 Å². The summed E-state index contributed by atoms with van der Waals surface area (Å²) in [5, 5.41) is 6.36. The fourth-order valence-corrected chi connectivity index (χ4v) is 4.29. The number of carbonyl (C=O) groups is 3. The van der Waals surface area contributed by atoms with Crippen molar-refractivity contribution in [3.63, 3.8) is 0 Å². The number of halogens is 2. The topological polar surface area (TPSA) is 94.6 Å². The van der Waals surface area contributed by atoms with Gasteiger partial charge in [-0.2, -0.15) is 0 Å². The number of anilines is 3. The number of rotatable bonds is 5. The lowest BCUT2D eigenvalue weighted by Crippen LogP contribution is -2.48. The first-order chi connectivity index (χ1) is 17.2. The number of amides is 3. The lowest BCUT2D eigenvalue weighted by molar-refractivity contribution is -0.129. The molecule has 1 aliphatic rings. The number of aromatic nitrogens is 1. The Hall–Kier alpha value is -3.62. The van der Waals surface area contributed by atoms with Gasteiger partial charge < -0.3 is 20.4 Å². The third kappa shape index (κ3) is 5.95. The monoisotopic (exact) mass is 525 g/mol. The second kappa shape index (κ2) is 11.0. The molecule has 0 aliphatic carbocycles. The summed E-state index contributed by atoms with van der Waals surface area (Å²) in [5.41, 5.74) is 2.23. The van der Waals surface area contributed by atoms with Crippen molar-refractivity contribution >= 4 is 58.1 Å². The van der Waals surface area contributed by atoms with E-state index in [9.17, 15) is 14.4 Å². The Balaban J connectivity index is 1.44. The molecule has 4 rings (SSSR count). The Bertz CT molecular complexity index is 1320. The first-order valence-corrected chi connectivity index (χ1v) is 12.1. The molecule has 2 aromatic carbocycles. The fourth-order valence-electron chi connectivity index (χ4n) is 3.94. The molecule has 0 radical (unpaired) electrons. The van der Waals surface area contributed by atoms with Gasteiger partial charge in [-0.1, -0.05) is 29.3 Å². The van der Waals surface area contributed by atoms with Crippen LogP contribution in [0.2, 0.25) is 10.0 Å². The fraction of sp³-hybridized carbons (Fsp3) is 0.231. The molecule has 2 heterocycles. The van der Waals surface area contributed by atoms with Gasteiger partial charge in [0, 0.05) is 49.4 Å². The van der Waals surface area contributed by atoms with Gasteiger partial charge in [0.05, 0.1) is 22.0 Å². The zero-order valence-electron chi connectivity index (χ0n) is 19.8. The van der Waals surface area contributed by atoms with Gasteiger partial charge in [0.25, 0.3) is 11.8 Å². The van der Waals surface area contributed by atoms with E-state index in [0.29, 0.717) is 64.4 Å². The summed E-state index contributed by atoms with van der Waals surface area (Å²) in [6.45, 7) is 6.01. The van der Waals surface area contributed by atoms with Gasteiger partial charge in [0.2, 0.25) is 5.91 Å². The summed E-state index contributed by atoms with van der Waals surface area (Å²) in [6.07, 6.45) is 0. The second-order valence-electron chi connectivity index (χ2n) is 8.41. The number of piperazine rings is 1. The van der Waals surface area contributed by atoms with Gasteiger partial charge in [-0.25, -0.2) is 4.98 Å². The van der Waals surface area contributed by atoms with Crippen molar-refractivity contribution in [1.29, 1.82) is 0 Å². The van der Waals surface area contributed by atoms with Gasteiger partial charge in [-0.15, -0.1) is 0 Å². The molecule has 1 aliphatic heterocycles. The SMILES string of the molecule is CC(=O)N1CCN(c2ccc(C(=O)Nc3ccc(Cl)c(NC(=O)c4cccc(Cl)c4)c3)c(C)n2)CC1.